The minimum Gasteiger partial charge on any atom is -0.465 e. The van der Waals surface area contributed by atoms with E-state index in [1.54, 1.807) is 0 Å². The Hall–Kier alpha value is -0.530. The zero-order valence-electron chi connectivity index (χ0n) is 22.7. The van der Waals surface area contributed by atoms with Crippen molar-refractivity contribution in [1.82, 2.24) is 0 Å². The molecule has 0 aromatic carbocycles. The molecule has 0 fully saturated rings. The van der Waals surface area contributed by atoms with Crippen LogP contribution in [-0.2, 0) is 9.53 Å². The molecule has 0 aliphatic rings. The normalized spacial score (nSPS) is 13.2. The van der Waals surface area contributed by atoms with E-state index >= 15 is 0 Å². The van der Waals surface area contributed by atoms with Gasteiger partial charge in [-0.3, -0.25) is 4.79 Å². The van der Waals surface area contributed by atoms with E-state index in [9.17, 15) is 4.79 Å². The molecule has 0 heterocycles. The third kappa shape index (κ3) is 21.3. The summed E-state index contributed by atoms with van der Waals surface area (Å²) in [5, 5.41) is 0. The van der Waals surface area contributed by atoms with Crippen molar-refractivity contribution < 1.29 is 9.53 Å². The first-order valence-electron chi connectivity index (χ1n) is 14.8. The van der Waals surface area contributed by atoms with Gasteiger partial charge in [-0.2, -0.15) is 0 Å². The van der Waals surface area contributed by atoms with Gasteiger partial charge in [-0.1, -0.05) is 150 Å². The van der Waals surface area contributed by atoms with Crippen molar-refractivity contribution in [1.29, 1.82) is 0 Å². The van der Waals surface area contributed by atoms with Gasteiger partial charge in [0.25, 0.3) is 0 Å². The van der Waals surface area contributed by atoms with E-state index in [-0.39, 0.29) is 11.9 Å². The van der Waals surface area contributed by atoms with Gasteiger partial charge in [-0.15, -0.1) is 0 Å². The molecule has 192 valence electrons. The van der Waals surface area contributed by atoms with E-state index in [2.05, 4.69) is 27.7 Å². The standard InChI is InChI=1S/C30H60O2/c1-5-8-11-13-15-16-18-19-22-24-28(4)30(31)32-27-29(25-21-10-7-3)26-23-20-17-14-12-9-6-2/h28-29H,5-27H2,1-4H3. The maximum atomic E-state index is 12.5. The lowest BCUT2D eigenvalue weighted by Gasteiger charge is -2.19. The van der Waals surface area contributed by atoms with Crippen LogP contribution in [0.1, 0.15) is 169 Å². The van der Waals surface area contributed by atoms with Gasteiger partial charge in [0.15, 0.2) is 0 Å². The summed E-state index contributed by atoms with van der Waals surface area (Å²) >= 11 is 0. The van der Waals surface area contributed by atoms with Crippen LogP contribution in [0, 0.1) is 11.8 Å². The van der Waals surface area contributed by atoms with Crippen molar-refractivity contribution in [2.45, 2.75) is 169 Å². The van der Waals surface area contributed by atoms with Gasteiger partial charge in [-0.25, -0.2) is 0 Å². The van der Waals surface area contributed by atoms with Crippen LogP contribution in [0.5, 0.6) is 0 Å². The third-order valence-corrected chi connectivity index (χ3v) is 7.04. The molecule has 0 saturated carbocycles. The van der Waals surface area contributed by atoms with Crippen LogP contribution in [0.4, 0.5) is 0 Å². The van der Waals surface area contributed by atoms with Gasteiger partial charge in [0.1, 0.15) is 0 Å². The summed E-state index contributed by atoms with van der Waals surface area (Å²) in [4.78, 5) is 12.5. The lowest BCUT2D eigenvalue weighted by Crippen LogP contribution is -2.19. The molecule has 2 heteroatoms. The first-order valence-corrected chi connectivity index (χ1v) is 14.8. The zero-order valence-corrected chi connectivity index (χ0v) is 22.7. The van der Waals surface area contributed by atoms with Crippen LogP contribution >= 0.6 is 0 Å². The van der Waals surface area contributed by atoms with Crippen molar-refractivity contribution in [3.8, 4) is 0 Å². The molecule has 2 unspecified atom stereocenters. The van der Waals surface area contributed by atoms with E-state index in [4.69, 9.17) is 4.74 Å². The maximum Gasteiger partial charge on any atom is 0.308 e. The molecular formula is C30H60O2. The highest BCUT2D eigenvalue weighted by Gasteiger charge is 2.17. The highest BCUT2D eigenvalue weighted by atomic mass is 16.5. The summed E-state index contributed by atoms with van der Waals surface area (Å²) in [6, 6.07) is 0. The van der Waals surface area contributed by atoms with Crippen molar-refractivity contribution in [2.24, 2.45) is 11.8 Å². The van der Waals surface area contributed by atoms with Crippen molar-refractivity contribution >= 4 is 5.97 Å². The average Bonchev–Trinajstić information content (AvgIpc) is 2.80. The minimum absolute atomic E-state index is 0.0459. The van der Waals surface area contributed by atoms with Crippen LogP contribution in [0.3, 0.4) is 0 Å². The summed E-state index contributed by atoms with van der Waals surface area (Å²) < 4.78 is 5.80. The molecule has 0 saturated heterocycles. The molecule has 32 heavy (non-hydrogen) atoms. The fourth-order valence-electron chi connectivity index (χ4n) is 4.61. The second-order valence-corrected chi connectivity index (χ2v) is 10.4. The molecule has 0 bridgehead atoms. The predicted octanol–water partition coefficient (Wildman–Crippen LogP) is 10.4. The monoisotopic (exact) mass is 452 g/mol. The lowest BCUT2D eigenvalue weighted by atomic mass is 9.95. The van der Waals surface area contributed by atoms with Gasteiger partial charge in [0.05, 0.1) is 12.5 Å². The van der Waals surface area contributed by atoms with E-state index in [1.807, 2.05) is 0 Å². The first kappa shape index (κ1) is 31.5. The van der Waals surface area contributed by atoms with Gasteiger partial charge in [0, 0.05) is 0 Å². The SMILES string of the molecule is CCCCCCCCCCCC(C)C(=O)OCC(CCCCC)CCCCCCCCC. The topological polar surface area (TPSA) is 26.3 Å². The molecule has 0 aromatic heterocycles. The smallest absolute Gasteiger partial charge is 0.308 e. The van der Waals surface area contributed by atoms with Crippen molar-refractivity contribution in [2.75, 3.05) is 6.61 Å². The third-order valence-electron chi connectivity index (χ3n) is 7.04. The van der Waals surface area contributed by atoms with E-state index in [0.29, 0.717) is 12.5 Å². The Morgan fingerprint density at radius 3 is 1.34 bits per heavy atom. The molecule has 0 rings (SSSR count). The van der Waals surface area contributed by atoms with E-state index in [0.717, 1.165) is 6.42 Å². The number of esters is 1. The van der Waals surface area contributed by atoms with Crippen LogP contribution in [0.2, 0.25) is 0 Å². The van der Waals surface area contributed by atoms with Crippen LogP contribution < -0.4 is 0 Å². The molecule has 0 aromatic rings. The van der Waals surface area contributed by atoms with Crippen LogP contribution in [-0.4, -0.2) is 12.6 Å². The Labute approximate surface area is 203 Å². The Morgan fingerprint density at radius 2 is 0.875 bits per heavy atom. The number of hydrogen-bond acceptors (Lipinski definition) is 2. The quantitative estimate of drug-likeness (QED) is 0.102. The summed E-state index contributed by atoms with van der Waals surface area (Å²) in [5.74, 6) is 0.681. The van der Waals surface area contributed by atoms with Crippen molar-refractivity contribution in [3.05, 3.63) is 0 Å². The summed E-state index contributed by atoms with van der Waals surface area (Å²) in [7, 11) is 0. The van der Waals surface area contributed by atoms with E-state index in [1.165, 1.54) is 135 Å². The summed E-state index contributed by atoms with van der Waals surface area (Å²) in [5.41, 5.74) is 0. The van der Waals surface area contributed by atoms with Crippen LogP contribution in [0.15, 0.2) is 0 Å². The Bertz CT molecular complexity index is 379. The fourth-order valence-corrected chi connectivity index (χ4v) is 4.61. The summed E-state index contributed by atoms with van der Waals surface area (Å²) in [6.45, 7) is 9.53. The lowest BCUT2D eigenvalue weighted by molar-refractivity contribution is -0.149. The Kier molecular flexibility index (Phi) is 24.7. The first-order chi connectivity index (χ1) is 15.7. The molecule has 0 radical (unpaired) electrons. The number of rotatable bonds is 25. The van der Waals surface area contributed by atoms with Crippen molar-refractivity contribution in [3.63, 3.8) is 0 Å². The summed E-state index contributed by atoms with van der Waals surface area (Å²) in [6.07, 6.45) is 28.8. The predicted molar refractivity (Wildman–Crippen MR) is 142 cm³/mol. The maximum absolute atomic E-state index is 12.5. The van der Waals surface area contributed by atoms with Gasteiger partial charge >= 0.3 is 5.97 Å². The molecule has 0 spiro atoms. The Morgan fingerprint density at radius 1 is 0.531 bits per heavy atom. The zero-order chi connectivity index (χ0) is 23.7. The highest BCUT2D eigenvalue weighted by Crippen LogP contribution is 2.21. The van der Waals surface area contributed by atoms with Gasteiger partial charge in [0.2, 0.25) is 0 Å². The number of unbranched alkanes of at least 4 members (excludes halogenated alkanes) is 16. The molecule has 0 N–H and O–H groups in total. The molecule has 0 aliphatic carbocycles. The average molecular weight is 453 g/mol. The molecule has 2 atom stereocenters. The highest BCUT2D eigenvalue weighted by molar-refractivity contribution is 5.71. The second-order valence-electron chi connectivity index (χ2n) is 10.4. The molecular weight excluding hydrogens is 392 g/mol. The number of carbonyl (C=O) groups is 1. The second kappa shape index (κ2) is 25.1. The van der Waals surface area contributed by atoms with Crippen LogP contribution in [0.25, 0.3) is 0 Å². The molecule has 2 nitrogen and oxygen atoms in total. The minimum atomic E-state index is 0.0459. The Balaban J connectivity index is 3.92. The van der Waals surface area contributed by atoms with Gasteiger partial charge in [-0.05, 0) is 25.2 Å². The number of carbonyl (C=O) groups excluding carboxylic acids is 1. The number of ether oxygens (including phenoxy) is 1. The number of hydrogen-bond donors (Lipinski definition) is 0. The van der Waals surface area contributed by atoms with E-state index < -0.39 is 0 Å². The fraction of sp³-hybridized carbons (Fsp3) is 0.967. The largest absolute Gasteiger partial charge is 0.465 e. The molecule has 0 amide bonds. The van der Waals surface area contributed by atoms with Gasteiger partial charge < -0.3 is 4.74 Å². The molecule has 0 aliphatic heterocycles.